The maximum Gasteiger partial charge on any atom is 0.119 e. The van der Waals surface area contributed by atoms with Crippen molar-refractivity contribution < 1.29 is 35.7 Å². The minimum absolute atomic E-state index is 0. The molecule has 2 aromatic rings. The van der Waals surface area contributed by atoms with Crippen LogP contribution in [-0.2, 0) is 16.7 Å². The van der Waals surface area contributed by atoms with E-state index in [4.69, 9.17) is 14.2 Å². The Labute approximate surface area is 258 Å². The van der Waals surface area contributed by atoms with Crippen molar-refractivity contribution in [2.45, 2.75) is 78.7 Å². The van der Waals surface area contributed by atoms with Crippen molar-refractivity contribution in [3.05, 3.63) is 59.7 Å². The van der Waals surface area contributed by atoms with Gasteiger partial charge in [0.2, 0.25) is 0 Å². The van der Waals surface area contributed by atoms with Gasteiger partial charge in [0.1, 0.15) is 31.2 Å². The molecule has 0 aromatic heterocycles. The lowest BCUT2D eigenvalue weighted by molar-refractivity contribution is -0.904. The van der Waals surface area contributed by atoms with Crippen LogP contribution in [0.1, 0.15) is 77.8 Å². The van der Waals surface area contributed by atoms with Gasteiger partial charge in [0.25, 0.3) is 0 Å². The third-order valence-electron chi connectivity index (χ3n) is 6.78. The molecule has 0 amide bonds. The highest BCUT2D eigenvalue weighted by Crippen LogP contribution is 2.36. The van der Waals surface area contributed by atoms with Crippen LogP contribution in [0.5, 0.6) is 11.5 Å². The van der Waals surface area contributed by atoms with E-state index in [1.165, 1.54) is 30.4 Å². The molecule has 0 aliphatic heterocycles. The first-order valence-electron chi connectivity index (χ1n) is 14.3. The Hall–Kier alpha value is -1.08. The second kappa shape index (κ2) is 17.7. The molecule has 2 rings (SSSR count). The highest BCUT2D eigenvalue weighted by molar-refractivity contribution is 9.09. The van der Waals surface area contributed by atoms with E-state index in [1.54, 1.807) is 0 Å². The van der Waals surface area contributed by atoms with Gasteiger partial charge in [-0.2, -0.15) is 0 Å². The minimum atomic E-state index is 0. The smallest absolute Gasteiger partial charge is 0.119 e. The number of hydrogen-bond acceptors (Lipinski definition) is 3. The molecule has 0 fully saturated rings. The predicted molar refractivity (Wildman–Crippen MR) is 165 cm³/mol. The SMILES string of the molecule is CC(C)(C)CC(C)(C)c1ccc(OCCOCC[N+](C)(C)Cc2ccc(OCCCCCCBr)cc2)cc1.[Br-]. The summed E-state index contributed by atoms with van der Waals surface area (Å²) in [6, 6.07) is 17.1. The fourth-order valence-corrected chi connectivity index (χ4v) is 5.46. The van der Waals surface area contributed by atoms with E-state index in [0.29, 0.717) is 25.2 Å². The monoisotopic (exact) mass is 669 g/mol. The van der Waals surface area contributed by atoms with Crippen LogP contribution in [0, 0.1) is 5.41 Å². The normalized spacial score (nSPS) is 12.2. The number of quaternary nitrogens is 1. The number of likely N-dealkylation sites (N-methyl/N-ethyl adjacent to an activating group) is 1. The van der Waals surface area contributed by atoms with E-state index in [0.717, 1.165) is 53.9 Å². The number of benzene rings is 2. The molecule has 0 heterocycles. The van der Waals surface area contributed by atoms with Crippen molar-refractivity contribution in [3.8, 4) is 11.5 Å². The highest BCUT2D eigenvalue weighted by atomic mass is 79.9. The molecule has 4 nitrogen and oxygen atoms in total. The first kappa shape index (κ1) is 35.9. The second-order valence-electron chi connectivity index (χ2n) is 13.0. The van der Waals surface area contributed by atoms with Crippen LogP contribution in [0.2, 0.25) is 0 Å². The van der Waals surface area contributed by atoms with Gasteiger partial charge in [-0.25, -0.2) is 0 Å². The summed E-state index contributed by atoms with van der Waals surface area (Å²) in [5.41, 5.74) is 3.12. The quantitative estimate of drug-likeness (QED) is 0.121. The van der Waals surface area contributed by atoms with E-state index in [-0.39, 0.29) is 22.4 Å². The van der Waals surface area contributed by atoms with Crippen molar-refractivity contribution in [3.63, 3.8) is 0 Å². The van der Waals surface area contributed by atoms with Gasteiger partial charge >= 0.3 is 0 Å². The van der Waals surface area contributed by atoms with Gasteiger partial charge < -0.3 is 35.7 Å². The molecule has 2 aromatic carbocycles. The second-order valence-corrected chi connectivity index (χ2v) is 13.8. The first-order chi connectivity index (χ1) is 17.9. The summed E-state index contributed by atoms with van der Waals surface area (Å²) in [6.07, 6.45) is 5.99. The average molecular weight is 672 g/mol. The van der Waals surface area contributed by atoms with E-state index >= 15 is 0 Å². The number of unbranched alkanes of at least 4 members (excludes halogenated alkanes) is 3. The summed E-state index contributed by atoms with van der Waals surface area (Å²) >= 11 is 3.48. The van der Waals surface area contributed by atoms with Crippen LogP contribution in [0.4, 0.5) is 0 Å². The van der Waals surface area contributed by atoms with E-state index < -0.39 is 0 Å². The molecule has 0 saturated heterocycles. The zero-order chi connectivity index (χ0) is 28.1. The summed E-state index contributed by atoms with van der Waals surface area (Å²) in [6.45, 7) is 16.1. The van der Waals surface area contributed by atoms with E-state index in [2.05, 4.69) is 113 Å². The highest BCUT2D eigenvalue weighted by Gasteiger charge is 2.27. The molecule has 0 bridgehead atoms. The number of ether oxygens (including phenoxy) is 3. The summed E-state index contributed by atoms with van der Waals surface area (Å²) in [5.74, 6) is 1.87. The molecule has 0 saturated carbocycles. The summed E-state index contributed by atoms with van der Waals surface area (Å²) in [7, 11) is 4.50. The fourth-order valence-electron chi connectivity index (χ4n) is 5.07. The summed E-state index contributed by atoms with van der Waals surface area (Å²) in [5, 5.41) is 1.09. The molecule has 0 radical (unpaired) electrons. The molecule has 222 valence electrons. The van der Waals surface area contributed by atoms with Crippen LogP contribution < -0.4 is 26.5 Å². The van der Waals surface area contributed by atoms with E-state index in [9.17, 15) is 0 Å². The maximum atomic E-state index is 5.92. The van der Waals surface area contributed by atoms with Crippen LogP contribution in [0.3, 0.4) is 0 Å². The maximum absolute atomic E-state index is 5.92. The number of nitrogens with zero attached hydrogens (tertiary/aromatic N) is 1. The third kappa shape index (κ3) is 15.5. The molecule has 0 atom stereocenters. The van der Waals surface area contributed by atoms with Crippen molar-refractivity contribution in [1.82, 2.24) is 0 Å². The summed E-state index contributed by atoms with van der Waals surface area (Å²) < 4.78 is 18.6. The molecule has 0 spiro atoms. The van der Waals surface area contributed by atoms with Gasteiger partial charge in [0.05, 0.1) is 33.9 Å². The van der Waals surface area contributed by atoms with Gasteiger partial charge in [0.15, 0.2) is 0 Å². The fraction of sp³-hybridized carbons (Fsp3) is 0.636. The molecule has 0 aliphatic rings. The number of alkyl halides is 1. The molecule has 0 N–H and O–H groups in total. The van der Waals surface area contributed by atoms with Crippen LogP contribution in [0.15, 0.2) is 48.5 Å². The zero-order valence-electron chi connectivity index (χ0n) is 25.5. The lowest BCUT2D eigenvalue weighted by Crippen LogP contribution is -3.00. The van der Waals surface area contributed by atoms with Crippen LogP contribution in [-0.4, -0.2) is 56.9 Å². The molecule has 6 heteroatoms. The summed E-state index contributed by atoms with van der Waals surface area (Å²) in [4.78, 5) is 0. The molecule has 0 aliphatic carbocycles. The Kier molecular flexibility index (Phi) is 16.3. The van der Waals surface area contributed by atoms with Crippen molar-refractivity contribution in [2.75, 3.05) is 52.4 Å². The Morgan fingerprint density at radius 1 is 0.692 bits per heavy atom. The largest absolute Gasteiger partial charge is 1.00 e. The average Bonchev–Trinajstić information content (AvgIpc) is 2.83. The number of hydrogen-bond donors (Lipinski definition) is 0. The van der Waals surface area contributed by atoms with Crippen molar-refractivity contribution in [2.24, 2.45) is 5.41 Å². The van der Waals surface area contributed by atoms with Gasteiger partial charge in [-0.1, -0.05) is 75.5 Å². The molecule has 0 unspecified atom stereocenters. The topological polar surface area (TPSA) is 27.7 Å². The number of halogens is 2. The first-order valence-corrected chi connectivity index (χ1v) is 15.4. The Morgan fingerprint density at radius 2 is 1.26 bits per heavy atom. The Bertz CT molecular complexity index is 906. The van der Waals surface area contributed by atoms with E-state index in [1.807, 2.05) is 0 Å². The van der Waals surface area contributed by atoms with Gasteiger partial charge in [-0.3, -0.25) is 0 Å². The zero-order valence-corrected chi connectivity index (χ0v) is 28.7. The van der Waals surface area contributed by atoms with Crippen molar-refractivity contribution >= 4 is 15.9 Å². The standard InChI is InChI=1S/C33H53BrNO3.BrH/c1-32(2,3)27-33(4,5)29-14-18-31(19-15-29)38-25-24-36-23-21-35(6,7)26-28-12-16-30(17-13-28)37-22-11-9-8-10-20-34;/h12-19H,8-11,20-27H2,1-7H3;1H/q+1;/p-1. The Balaban J connectivity index is 0.00000760. The minimum Gasteiger partial charge on any atom is -1.00 e. The van der Waals surface area contributed by atoms with Crippen LogP contribution >= 0.6 is 15.9 Å². The van der Waals surface area contributed by atoms with Gasteiger partial charge in [-0.15, -0.1) is 0 Å². The number of rotatable bonds is 18. The van der Waals surface area contributed by atoms with Crippen LogP contribution in [0.25, 0.3) is 0 Å². The lowest BCUT2D eigenvalue weighted by atomic mass is 9.72. The Morgan fingerprint density at radius 3 is 1.85 bits per heavy atom. The molecule has 39 heavy (non-hydrogen) atoms. The molecular formula is C33H53Br2NO3. The van der Waals surface area contributed by atoms with Crippen molar-refractivity contribution in [1.29, 1.82) is 0 Å². The van der Waals surface area contributed by atoms with Gasteiger partial charge in [-0.05, 0) is 72.1 Å². The molecular weight excluding hydrogens is 618 g/mol. The third-order valence-corrected chi connectivity index (χ3v) is 7.34. The van der Waals surface area contributed by atoms with Gasteiger partial charge in [0, 0.05) is 10.9 Å². The predicted octanol–water partition coefficient (Wildman–Crippen LogP) is 5.41. The lowest BCUT2D eigenvalue weighted by Gasteiger charge is -2.33.